The molecule has 152 valence electrons. The van der Waals surface area contributed by atoms with Crippen LogP contribution < -0.4 is 0 Å². The second-order valence-corrected chi connectivity index (χ2v) is 10.2. The standard InChI is InChI=1S/C24H27NO3S/c1-17-7-11-19(12-8-17)24(26)23-16-25(15-20-5-3-4-6-22(20)23)29(27,28)21-13-9-18(2)10-14-21/h5,7-14,22-23H,3-4,6,15-16H2,1-2H3/t22-,23-/m1/s1. The van der Waals surface area contributed by atoms with Crippen LogP contribution in [0.25, 0.3) is 0 Å². The number of piperidine rings is 1. The summed E-state index contributed by atoms with van der Waals surface area (Å²) < 4.78 is 28.1. The first kappa shape index (κ1) is 20.0. The van der Waals surface area contributed by atoms with Crippen molar-refractivity contribution in [2.45, 2.75) is 38.0 Å². The Morgan fingerprint density at radius 1 is 0.966 bits per heavy atom. The molecule has 0 saturated carbocycles. The third-order valence-electron chi connectivity index (χ3n) is 6.18. The molecule has 0 spiro atoms. The second kappa shape index (κ2) is 7.88. The Morgan fingerprint density at radius 2 is 1.59 bits per heavy atom. The summed E-state index contributed by atoms with van der Waals surface area (Å²) in [5, 5.41) is 0. The van der Waals surface area contributed by atoms with Crippen LogP contribution in [0, 0.1) is 25.7 Å². The van der Waals surface area contributed by atoms with Gasteiger partial charge in [0.15, 0.2) is 5.78 Å². The van der Waals surface area contributed by atoms with E-state index in [1.54, 1.807) is 12.1 Å². The van der Waals surface area contributed by atoms with Gasteiger partial charge in [-0.15, -0.1) is 0 Å². The maximum Gasteiger partial charge on any atom is 0.243 e. The van der Waals surface area contributed by atoms with Gasteiger partial charge in [0.05, 0.1) is 4.90 Å². The van der Waals surface area contributed by atoms with Gasteiger partial charge in [0, 0.05) is 24.6 Å². The summed E-state index contributed by atoms with van der Waals surface area (Å²) in [5.41, 5.74) is 3.89. The zero-order valence-electron chi connectivity index (χ0n) is 17.0. The van der Waals surface area contributed by atoms with E-state index in [9.17, 15) is 13.2 Å². The Morgan fingerprint density at radius 3 is 2.24 bits per heavy atom. The Balaban J connectivity index is 1.69. The Hall–Kier alpha value is -2.24. The zero-order chi connectivity index (χ0) is 20.6. The van der Waals surface area contributed by atoms with Crippen molar-refractivity contribution in [1.29, 1.82) is 0 Å². The minimum atomic E-state index is -3.64. The molecule has 0 unspecified atom stereocenters. The number of nitrogens with zero attached hydrogens (tertiary/aromatic N) is 1. The molecule has 0 amide bonds. The first-order chi connectivity index (χ1) is 13.9. The van der Waals surface area contributed by atoms with E-state index in [4.69, 9.17) is 0 Å². The minimum absolute atomic E-state index is 0.0478. The van der Waals surface area contributed by atoms with E-state index < -0.39 is 10.0 Å². The number of carbonyl (C=O) groups is 1. The third kappa shape index (κ3) is 3.94. The van der Waals surface area contributed by atoms with Gasteiger partial charge in [0.2, 0.25) is 10.0 Å². The fourth-order valence-electron chi connectivity index (χ4n) is 4.46. The number of sulfonamides is 1. The molecule has 1 aliphatic heterocycles. The highest BCUT2D eigenvalue weighted by molar-refractivity contribution is 7.89. The summed E-state index contributed by atoms with van der Waals surface area (Å²) in [6, 6.07) is 14.5. The van der Waals surface area contributed by atoms with Gasteiger partial charge in [-0.2, -0.15) is 4.31 Å². The maximum absolute atomic E-state index is 13.4. The fraction of sp³-hybridized carbons (Fsp3) is 0.375. The van der Waals surface area contributed by atoms with Crippen LogP contribution in [-0.2, 0) is 10.0 Å². The molecule has 5 heteroatoms. The maximum atomic E-state index is 13.4. The van der Waals surface area contributed by atoms with Crippen LogP contribution >= 0.6 is 0 Å². The van der Waals surface area contributed by atoms with Crippen molar-refractivity contribution in [2.75, 3.05) is 13.1 Å². The van der Waals surface area contributed by atoms with Crippen molar-refractivity contribution in [3.05, 3.63) is 76.9 Å². The van der Waals surface area contributed by atoms with Gasteiger partial charge in [-0.05, 0) is 51.2 Å². The largest absolute Gasteiger partial charge is 0.294 e. The summed E-state index contributed by atoms with van der Waals surface area (Å²) >= 11 is 0. The number of fused-ring (bicyclic) bond motifs is 1. The molecular formula is C24H27NO3S. The predicted molar refractivity (Wildman–Crippen MR) is 114 cm³/mol. The Labute approximate surface area is 173 Å². The molecular weight excluding hydrogens is 382 g/mol. The van der Waals surface area contributed by atoms with E-state index in [1.165, 1.54) is 4.31 Å². The first-order valence-corrected chi connectivity index (χ1v) is 11.7. The number of Topliss-reactive ketones (excluding diaryl/α,β-unsaturated/α-hetero) is 1. The molecule has 1 saturated heterocycles. The molecule has 1 aliphatic carbocycles. The highest BCUT2D eigenvalue weighted by Gasteiger charge is 2.42. The van der Waals surface area contributed by atoms with Gasteiger partial charge in [0.25, 0.3) is 0 Å². The third-order valence-corrected chi connectivity index (χ3v) is 8.00. The molecule has 0 radical (unpaired) electrons. The molecule has 4 nitrogen and oxygen atoms in total. The van der Waals surface area contributed by atoms with Gasteiger partial charge in [-0.3, -0.25) is 4.79 Å². The van der Waals surface area contributed by atoms with Crippen LogP contribution in [0.2, 0.25) is 0 Å². The predicted octanol–water partition coefficient (Wildman–Crippen LogP) is 4.53. The molecule has 29 heavy (non-hydrogen) atoms. The molecule has 1 heterocycles. The summed E-state index contributed by atoms with van der Waals surface area (Å²) in [6.45, 7) is 4.56. The minimum Gasteiger partial charge on any atom is -0.294 e. The molecule has 2 aromatic carbocycles. The lowest BCUT2D eigenvalue weighted by Gasteiger charge is -2.41. The number of hydrogen-bond donors (Lipinski definition) is 0. The van der Waals surface area contributed by atoms with Gasteiger partial charge in [-0.25, -0.2) is 8.42 Å². The number of ketones is 1. The van der Waals surface area contributed by atoms with Gasteiger partial charge in [-0.1, -0.05) is 59.2 Å². The van der Waals surface area contributed by atoms with E-state index in [0.717, 1.165) is 36.0 Å². The molecule has 2 atom stereocenters. The lowest BCUT2D eigenvalue weighted by atomic mass is 9.73. The second-order valence-electron chi connectivity index (χ2n) is 8.26. The zero-order valence-corrected chi connectivity index (χ0v) is 17.8. The van der Waals surface area contributed by atoms with Gasteiger partial charge >= 0.3 is 0 Å². The first-order valence-electron chi connectivity index (χ1n) is 10.2. The molecule has 0 aromatic heterocycles. The topological polar surface area (TPSA) is 54.5 Å². The van der Waals surface area contributed by atoms with Crippen molar-refractivity contribution >= 4 is 15.8 Å². The average molecular weight is 410 g/mol. The summed E-state index contributed by atoms with van der Waals surface area (Å²) in [6.07, 6.45) is 5.11. The quantitative estimate of drug-likeness (QED) is 0.551. The average Bonchev–Trinajstić information content (AvgIpc) is 2.73. The van der Waals surface area contributed by atoms with Crippen molar-refractivity contribution in [1.82, 2.24) is 4.31 Å². The van der Waals surface area contributed by atoms with Crippen LogP contribution in [0.5, 0.6) is 0 Å². The summed E-state index contributed by atoms with van der Waals surface area (Å²) in [5.74, 6) is -0.146. The van der Waals surface area contributed by atoms with Crippen molar-refractivity contribution in [3.8, 4) is 0 Å². The fourth-order valence-corrected chi connectivity index (χ4v) is 5.91. The normalized spacial score (nSPS) is 22.6. The molecule has 2 aromatic rings. The molecule has 0 bridgehead atoms. The molecule has 0 N–H and O–H groups in total. The molecule has 2 aliphatic rings. The molecule has 4 rings (SSSR count). The highest BCUT2D eigenvalue weighted by atomic mass is 32.2. The van der Waals surface area contributed by atoms with E-state index in [-0.39, 0.29) is 24.2 Å². The van der Waals surface area contributed by atoms with Gasteiger partial charge < -0.3 is 0 Å². The lowest BCUT2D eigenvalue weighted by molar-refractivity contribution is 0.0829. The molecule has 1 fully saturated rings. The van der Waals surface area contributed by atoms with E-state index >= 15 is 0 Å². The van der Waals surface area contributed by atoms with Crippen LogP contribution in [-0.4, -0.2) is 31.6 Å². The number of rotatable bonds is 4. The summed E-state index contributed by atoms with van der Waals surface area (Å²) in [7, 11) is -3.64. The number of carbonyl (C=O) groups excluding carboxylic acids is 1. The van der Waals surface area contributed by atoms with E-state index in [1.807, 2.05) is 50.2 Å². The highest BCUT2D eigenvalue weighted by Crippen LogP contribution is 2.39. The van der Waals surface area contributed by atoms with Crippen molar-refractivity contribution in [3.63, 3.8) is 0 Å². The Bertz CT molecular complexity index is 1040. The SMILES string of the molecule is Cc1ccc(C(=O)[C@@H]2CN(S(=O)(=O)c3ccc(C)cc3)CC3=CCCC[C@H]32)cc1. The van der Waals surface area contributed by atoms with Crippen LogP contribution in [0.3, 0.4) is 0 Å². The van der Waals surface area contributed by atoms with Crippen molar-refractivity contribution < 1.29 is 13.2 Å². The lowest BCUT2D eigenvalue weighted by Crippen LogP contribution is -2.48. The van der Waals surface area contributed by atoms with Crippen LogP contribution in [0.4, 0.5) is 0 Å². The van der Waals surface area contributed by atoms with E-state index in [2.05, 4.69) is 6.08 Å². The number of allylic oxidation sites excluding steroid dienone is 1. The van der Waals surface area contributed by atoms with Crippen molar-refractivity contribution in [2.24, 2.45) is 11.8 Å². The number of hydrogen-bond acceptors (Lipinski definition) is 3. The Kier molecular flexibility index (Phi) is 5.45. The summed E-state index contributed by atoms with van der Waals surface area (Å²) in [4.78, 5) is 13.7. The van der Waals surface area contributed by atoms with Crippen LogP contribution in [0.15, 0.2) is 65.1 Å². The van der Waals surface area contributed by atoms with Gasteiger partial charge in [0.1, 0.15) is 0 Å². The smallest absolute Gasteiger partial charge is 0.243 e. The monoisotopic (exact) mass is 409 g/mol. The number of aryl methyl sites for hydroxylation is 2. The van der Waals surface area contributed by atoms with E-state index in [0.29, 0.717) is 17.0 Å². The van der Waals surface area contributed by atoms with Crippen LogP contribution in [0.1, 0.15) is 40.7 Å². The number of benzene rings is 2.